The van der Waals surface area contributed by atoms with E-state index >= 15 is 0 Å². The summed E-state index contributed by atoms with van der Waals surface area (Å²) in [6.45, 7) is 9.75. The summed E-state index contributed by atoms with van der Waals surface area (Å²) in [4.78, 5) is 0. The third kappa shape index (κ3) is 2.30. The van der Waals surface area contributed by atoms with Gasteiger partial charge in [0.05, 0.1) is 0 Å². The molecule has 0 amide bonds. The van der Waals surface area contributed by atoms with Gasteiger partial charge in [0.1, 0.15) is 8.24 Å². The Morgan fingerprint density at radius 2 is 1.90 bits per heavy atom. The van der Waals surface area contributed by atoms with Crippen molar-refractivity contribution in [2.75, 3.05) is 26.2 Å². The molecule has 2 fully saturated rings. The van der Waals surface area contributed by atoms with Gasteiger partial charge >= 0.3 is 0 Å². The molecule has 1 N–H and O–H groups in total. The molecule has 0 aromatic carbocycles. The van der Waals surface area contributed by atoms with E-state index in [1.807, 2.05) is 0 Å². The van der Waals surface area contributed by atoms with Gasteiger partial charge in [0.15, 0.2) is 0 Å². The predicted molar refractivity (Wildman–Crippen MR) is 87.9 cm³/mol. The predicted octanol–water partition coefficient (Wildman–Crippen LogP) is 2.48. The first-order valence-corrected chi connectivity index (χ1v) is 10.9. The maximum atomic E-state index is 5.90. The maximum absolute atomic E-state index is 5.90. The van der Waals surface area contributed by atoms with Crippen LogP contribution in [0.3, 0.4) is 0 Å². The van der Waals surface area contributed by atoms with Crippen LogP contribution in [0.1, 0.15) is 6.42 Å². The minimum absolute atomic E-state index is 0.467. The summed E-state index contributed by atoms with van der Waals surface area (Å²) < 4.78 is 2.78. The highest BCUT2D eigenvalue weighted by molar-refractivity contribution is 6.76. The fourth-order valence-corrected chi connectivity index (χ4v) is 8.90. The van der Waals surface area contributed by atoms with E-state index in [1.54, 1.807) is 0 Å². The summed E-state index contributed by atoms with van der Waals surface area (Å²) in [6, 6.07) is 0. The van der Waals surface area contributed by atoms with E-state index < -0.39 is 8.24 Å². The van der Waals surface area contributed by atoms with Crippen molar-refractivity contribution < 1.29 is 0 Å². The van der Waals surface area contributed by atoms with Gasteiger partial charge in [-0.15, -0.1) is 12.3 Å². The molecule has 108 valence electrons. The summed E-state index contributed by atoms with van der Waals surface area (Å²) >= 11 is 0. The van der Waals surface area contributed by atoms with Gasteiger partial charge in [-0.1, -0.05) is 37.4 Å². The molecular weight excluding hydrogens is 260 g/mol. The number of hydrogen-bond acceptors (Lipinski definition) is 2. The van der Waals surface area contributed by atoms with Crippen LogP contribution < -0.4 is 5.32 Å². The van der Waals surface area contributed by atoms with E-state index in [2.05, 4.69) is 53.2 Å². The third-order valence-corrected chi connectivity index (χ3v) is 10.1. The lowest BCUT2D eigenvalue weighted by Gasteiger charge is -2.46. The Morgan fingerprint density at radius 1 is 1.20 bits per heavy atom. The van der Waals surface area contributed by atoms with Crippen LogP contribution in [0.15, 0.2) is 24.3 Å². The van der Waals surface area contributed by atoms with Gasteiger partial charge in [-0.3, -0.25) is 0 Å². The van der Waals surface area contributed by atoms with Crippen LogP contribution in [0.5, 0.6) is 0 Å². The van der Waals surface area contributed by atoms with Crippen molar-refractivity contribution in [3.63, 3.8) is 0 Å². The summed E-state index contributed by atoms with van der Waals surface area (Å²) in [5, 5.41) is 3.47. The molecule has 3 heteroatoms. The van der Waals surface area contributed by atoms with Crippen LogP contribution >= 0.6 is 0 Å². The van der Waals surface area contributed by atoms with E-state index in [0.717, 1.165) is 13.1 Å². The Hall–Kier alpha value is -0.823. The van der Waals surface area contributed by atoms with E-state index in [0.29, 0.717) is 23.3 Å². The molecule has 3 aliphatic rings. The number of terminal acetylenes is 1. The van der Waals surface area contributed by atoms with Crippen LogP contribution in [0.4, 0.5) is 0 Å². The highest BCUT2D eigenvalue weighted by Gasteiger charge is 2.51. The molecule has 4 unspecified atom stereocenters. The number of fused-ring (bicyclic) bond motifs is 1. The Kier molecular flexibility index (Phi) is 3.90. The molecular formula is C17H26N2Si. The fourth-order valence-electron chi connectivity index (χ4n) is 4.59. The molecule has 2 nitrogen and oxygen atoms in total. The lowest BCUT2D eigenvalue weighted by Crippen LogP contribution is -2.60. The molecule has 4 atom stereocenters. The van der Waals surface area contributed by atoms with Crippen molar-refractivity contribution in [3.05, 3.63) is 24.3 Å². The lowest BCUT2D eigenvalue weighted by molar-refractivity contribution is 0.344. The summed E-state index contributed by atoms with van der Waals surface area (Å²) in [7, 11) is -1.50. The Labute approximate surface area is 124 Å². The second-order valence-electron chi connectivity index (χ2n) is 6.94. The molecule has 0 aromatic rings. The highest BCUT2D eigenvalue weighted by atomic mass is 28.3. The zero-order valence-corrected chi connectivity index (χ0v) is 13.7. The number of nitrogens with one attached hydrogen (secondary N) is 1. The number of hydrogen-bond donors (Lipinski definition) is 1. The minimum atomic E-state index is -1.50. The molecule has 1 saturated carbocycles. The normalized spacial score (nSPS) is 37.6. The van der Waals surface area contributed by atoms with Gasteiger partial charge in [-0.2, -0.15) is 0 Å². The fraction of sp³-hybridized carbons (Fsp3) is 0.647. The summed E-state index contributed by atoms with van der Waals surface area (Å²) in [6.07, 6.45) is 16.3. The quantitative estimate of drug-likeness (QED) is 0.620. The van der Waals surface area contributed by atoms with E-state index in [1.165, 1.54) is 19.5 Å². The maximum Gasteiger partial charge on any atom is 0.127 e. The SMILES string of the molecule is C#CC1CC2C=CC=CC2C1[Si](C)(C)N1CCNCC1. The minimum Gasteiger partial charge on any atom is -0.321 e. The second kappa shape index (κ2) is 5.52. The van der Waals surface area contributed by atoms with Gasteiger partial charge in [0, 0.05) is 32.1 Å². The van der Waals surface area contributed by atoms with Gasteiger partial charge in [-0.25, -0.2) is 0 Å². The second-order valence-corrected chi connectivity index (χ2v) is 11.5. The number of nitrogens with zero attached hydrogens (tertiary/aromatic N) is 1. The largest absolute Gasteiger partial charge is 0.321 e. The third-order valence-electron chi connectivity index (χ3n) is 5.63. The van der Waals surface area contributed by atoms with Crippen LogP contribution in [-0.4, -0.2) is 39.0 Å². The first kappa shape index (κ1) is 14.1. The monoisotopic (exact) mass is 286 g/mol. The number of piperazine rings is 1. The van der Waals surface area contributed by atoms with Gasteiger partial charge < -0.3 is 9.88 Å². The molecule has 3 rings (SSSR count). The van der Waals surface area contributed by atoms with Gasteiger partial charge in [0.25, 0.3) is 0 Å². The first-order chi connectivity index (χ1) is 9.64. The molecule has 0 bridgehead atoms. The zero-order valence-electron chi connectivity index (χ0n) is 12.7. The van der Waals surface area contributed by atoms with E-state index in [4.69, 9.17) is 6.42 Å². The number of allylic oxidation sites excluding steroid dienone is 4. The lowest BCUT2D eigenvalue weighted by atomic mass is 9.92. The first-order valence-electron chi connectivity index (χ1n) is 7.91. The standard InChI is InChI=1S/C17H26N2Si/c1-4-14-13-15-7-5-6-8-16(15)17(14)20(2,3)19-11-9-18-10-12-19/h1,5-8,14-18H,9-13H2,2-3H3. The van der Waals surface area contributed by atoms with Crippen molar-refractivity contribution in [1.29, 1.82) is 0 Å². The summed E-state index contributed by atoms with van der Waals surface area (Å²) in [5.74, 6) is 4.97. The van der Waals surface area contributed by atoms with Crippen LogP contribution in [0, 0.1) is 30.1 Å². The molecule has 0 radical (unpaired) electrons. The number of rotatable bonds is 2. The average Bonchev–Trinajstić information content (AvgIpc) is 2.87. The van der Waals surface area contributed by atoms with Crippen LogP contribution in [0.2, 0.25) is 18.6 Å². The van der Waals surface area contributed by atoms with Gasteiger partial charge in [-0.05, 0) is 23.8 Å². The average molecular weight is 286 g/mol. The van der Waals surface area contributed by atoms with E-state index in [9.17, 15) is 0 Å². The van der Waals surface area contributed by atoms with Gasteiger partial charge in [0.2, 0.25) is 0 Å². The van der Waals surface area contributed by atoms with Crippen LogP contribution in [-0.2, 0) is 0 Å². The van der Waals surface area contributed by atoms with Crippen molar-refractivity contribution in [2.45, 2.75) is 25.1 Å². The Morgan fingerprint density at radius 3 is 2.60 bits per heavy atom. The zero-order chi connectivity index (χ0) is 14.2. The Balaban J connectivity index is 1.87. The summed E-state index contributed by atoms with van der Waals surface area (Å²) in [5.41, 5.74) is 0.705. The molecule has 1 saturated heterocycles. The highest BCUT2D eigenvalue weighted by Crippen LogP contribution is 2.53. The topological polar surface area (TPSA) is 15.3 Å². The van der Waals surface area contributed by atoms with Crippen molar-refractivity contribution >= 4 is 8.24 Å². The molecule has 1 aliphatic heterocycles. The molecule has 2 aliphatic carbocycles. The molecule has 0 spiro atoms. The van der Waals surface area contributed by atoms with Crippen molar-refractivity contribution in [2.24, 2.45) is 17.8 Å². The molecule has 0 aromatic heterocycles. The van der Waals surface area contributed by atoms with Crippen molar-refractivity contribution in [3.8, 4) is 12.3 Å². The molecule has 20 heavy (non-hydrogen) atoms. The Bertz CT molecular complexity index is 454. The van der Waals surface area contributed by atoms with E-state index in [-0.39, 0.29) is 0 Å². The van der Waals surface area contributed by atoms with Crippen molar-refractivity contribution in [1.82, 2.24) is 9.88 Å². The smallest absolute Gasteiger partial charge is 0.127 e. The van der Waals surface area contributed by atoms with Crippen LogP contribution in [0.25, 0.3) is 0 Å². The molecule has 1 heterocycles.